The molecule has 0 unspecified atom stereocenters. The number of aliphatic imine (C=N–C) groups is 1. The van der Waals surface area contributed by atoms with E-state index in [1.807, 2.05) is 0 Å². The standard InChI is InChI=1S/C21H15N5O6.ClH/c27-24(28)18-7-1-15(2-8-18)21(23-17-5-11-20(12-6-17)26(31)32)13-14-22-16-3-9-19(10-4-16)25(29)30;/h1-14,23H;1H/b21-13-,22-14?;. The smallest absolute Gasteiger partial charge is 0.269 e. The van der Waals surface area contributed by atoms with Gasteiger partial charge in [-0.25, -0.2) is 0 Å². The highest BCUT2D eigenvalue weighted by molar-refractivity contribution is 5.90. The third-order valence-electron chi connectivity index (χ3n) is 4.27. The fraction of sp³-hybridized carbons (Fsp3) is 0. The second kappa shape index (κ2) is 11.1. The molecule has 0 saturated carbocycles. The van der Waals surface area contributed by atoms with Gasteiger partial charge < -0.3 is 5.32 Å². The highest BCUT2D eigenvalue weighted by Crippen LogP contribution is 2.23. The Hall–Kier alpha value is -4.64. The maximum absolute atomic E-state index is 10.9. The monoisotopic (exact) mass is 469 g/mol. The maximum atomic E-state index is 10.9. The first-order valence-electron chi connectivity index (χ1n) is 9.08. The molecule has 0 saturated heterocycles. The molecule has 12 heteroatoms. The predicted octanol–water partition coefficient (Wildman–Crippen LogP) is 5.69. The number of rotatable bonds is 8. The minimum atomic E-state index is -0.507. The van der Waals surface area contributed by atoms with Crippen LogP contribution in [0.1, 0.15) is 5.56 Å². The topological polar surface area (TPSA) is 154 Å². The Bertz CT molecular complexity index is 1210. The Morgan fingerprint density at radius 1 is 0.697 bits per heavy atom. The molecule has 0 aromatic heterocycles. The van der Waals surface area contributed by atoms with Gasteiger partial charge in [-0.15, -0.1) is 12.4 Å². The molecule has 33 heavy (non-hydrogen) atoms. The first kappa shape index (κ1) is 24.6. The van der Waals surface area contributed by atoms with E-state index in [0.29, 0.717) is 22.6 Å². The van der Waals surface area contributed by atoms with Crippen LogP contribution in [0, 0.1) is 30.3 Å². The lowest BCUT2D eigenvalue weighted by atomic mass is 10.1. The summed E-state index contributed by atoms with van der Waals surface area (Å²) in [5.74, 6) is 0. The molecule has 0 aliphatic heterocycles. The molecule has 0 spiro atoms. The summed E-state index contributed by atoms with van der Waals surface area (Å²) in [6.45, 7) is 0. The number of anilines is 1. The van der Waals surface area contributed by atoms with E-state index in [1.54, 1.807) is 18.2 Å². The van der Waals surface area contributed by atoms with Crippen molar-refractivity contribution in [2.75, 3.05) is 5.32 Å². The number of non-ortho nitro benzene ring substituents is 3. The van der Waals surface area contributed by atoms with E-state index >= 15 is 0 Å². The lowest BCUT2D eigenvalue weighted by molar-refractivity contribution is -0.385. The molecule has 0 aliphatic rings. The number of hydrogen-bond donors (Lipinski definition) is 1. The first-order chi connectivity index (χ1) is 15.3. The van der Waals surface area contributed by atoms with E-state index in [4.69, 9.17) is 0 Å². The maximum Gasteiger partial charge on any atom is 0.269 e. The predicted molar refractivity (Wildman–Crippen MR) is 126 cm³/mol. The van der Waals surface area contributed by atoms with E-state index < -0.39 is 14.8 Å². The van der Waals surface area contributed by atoms with Crippen LogP contribution in [0.25, 0.3) is 5.70 Å². The number of benzene rings is 3. The number of nitrogens with zero attached hydrogens (tertiary/aromatic N) is 4. The molecule has 168 valence electrons. The van der Waals surface area contributed by atoms with E-state index in [-0.39, 0.29) is 29.5 Å². The van der Waals surface area contributed by atoms with Crippen LogP contribution in [0.4, 0.5) is 28.4 Å². The third kappa shape index (κ3) is 6.67. The van der Waals surface area contributed by atoms with Gasteiger partial charge in [0.2, 0.25) is 0 Å². The summed E-state index contributed by atoms with van der Waals surface area (Å²) in [5, 5.41) is 35.6. The highest BCUT2D eigenvalue weighted by atomic mass is 35.5. The summed E-state index contributed by atoms with van der Waals surface area (Å²) in [4.78, 5) is 35.2. The normalized spacial score (nSPS) is 11.0. The summed E-state index contributed by atoms with van der Waals surface area (Å²) in [5.41, 5.74) is 2.02. The largest absolute Gasteiger partial charge is 0.355 e. The van der Waals surface area contributed by atoms with Gasteiger partial charge in [0, 0.05) is 54.0 Å². The van der Waals surface area contributed by atoms with Crippen LogP contribution in [-0.2, 0) is 0 Å². The zero-order valence-corrected chi connectivity index (χ0v) is 17.5. The van der Waals surface area contributed by atoms with Crippen molar-refractivity contribution in [2.24, 2.45) is 4.99 Å². The zero-order valence-electron chi connectivity index (χ0n) is 16.7. The van der Waals surface area contributed by atoms with Crippen molar-refractivity contribution in [1.82, 2.24) is 0 Å². The van der Waals surface area contributed by atoms with Crippen molar-refractivity contribution in [1.29, 1.82) is 0 Å². The zero-order chi connectivity index (χ0) is 23.1. The molecule has 0 atom stereocenters. The van der Waals surface area contributed by atoms with Crippen LogP contribution in [0.2, 0.25) is 0 Å². The number of nitro groups is 3. The Labute approximate surface area is 193 Å². The van der Waals surface area contributed by atoms with Crippen molar-refractivity contribution in [3.63, 3.8) is 0 Å². The summed E-state index contributed by atoms with van der Waals surface area (Å²) < 4.78 is 0. The van der Waals surface area contributed by atoms with Crippen LogP contribution >= 0.6 is 12.4 Å². The van der Waals surface area contributed by atoms with Crippen molar-refractivity contribution >= 4 is 52.8 Å². The molecule has 0 fully saturated rings. The summed E-state index contributed by atoms with van der Waals surface area (Å²) in [6.07, 6.45) is 3.08. The molecule has 11 nitrogen and oxygen atoms in total. The number of halogens is 1. The van der Waals surface area contributed by atoms with Crippen molar-refractivity contribution in [2.45, 2.75) is 0 Å². The third-order valence-corrected chi connectivity index (χ3v) is 4.27. The molecule has 0 aliphatic carbocycles. The number of hydrogen-bond acceptors (Lipinski definition) is 8. The van der Waals surface area contributed by atoms with Crippen molar-refractivity contribution in [3.05, 3.63) is 115 Å². The first-order valence-corrected chi connectivity index (χ1v) is 9.08. The average Bonchev–Trinajstić information content (AvgIpc) is 2.79. The summed E-state index contributed by atoms with van der Waals surface area (Å²) in [6, 6.07) is 17.3. The Morgan fingerprint density at radius 3 is 1.58 bits per heavy atom. The molecule has 3 aromatic rings. The molecule has 3 aromatic carbocycles. The van der Waals surface area contributed by atoms with Crippen LogP contribution in [0.3, 0.4) is 0 Å². The van der Waals surface area contributed by atoms with Gasteiger partial charge in [0.25, 0.3) is 17.1 Å². The van der Waals surface area contributed by atoms with Gasteiger partial charge in [0.15, 0.2) is 0 Å². The fourth-order valence-corrected chi connectivity index (χ4v) is 2.65. The lowest BCUT2D eigenvalue weighted by Crippen LogP contribution is -2.00. The number of nitrogens with one attached hydrogen (secondary N) is 1. The van der Waals surface area contributed by atoms with Crippen LogP contribution in [0.15, 0.2) is 83.9 Å². The molecule has 0 heterocycles. The molecule has 0 amide bonds. The molecule has 0 radical (unpaired) electrons. The summed E-state index contributed by atoms with van der Waals surface area (Å²) >= 11 is 0. The molecular formula is C21H16ClN5O6. The van der Waals surface area contributed by atoms with Crippen LogP contribution < -0.4 is 5.32 Å². The number of nitro benzene ring substituents is 3. The Kier molecular flexibility index (Phi) is 8.29. The molecule has 3 rings (SSSR count). The van der Waals surface area contributed by atoms with Gasteiger partial charge in [-0.1, -0.05) is 0 Å². The Balaban J connectivity index is 0.00000385. The van der Waals surface area contributed by atoms with Crippen molar-refractivity contribution in [3.8, 4) is 0 Å². The SMILES string of the molecule is Cl.O=[N+]([O-])c1ccc(N=C/C=C(\Nc2ccc([N+](=O)[O-])cc2)c2ccc([N+](=O)[O-])cc2)cc1. The fourth-order valence-electron chi connectivity index (χ4n) is 2.65. The van der Waals surface area contributed by atoms with Gasteiger partial charge in [0.05, 0.1) is 20.5 Å². The van der Waals surface area contributed by atoms with E-state index in [0.717, 1.165) is 0 Å². The van der Waals surface area contributed by atoms with Gasteiger partial charge in [-0.2, -0.15) is 0 Å². The van der Waals surface area contributed by atoms with Gasteiger partial charge >= 0.3 is 0 Å². The van der Waals surface area contributed by atoms with Gasteiger partial charge in [-0.3, -0.25) is 35.3 Å². The van der Waals surface area contributed by atoms with Crippen molar-refractivity contribution < 1.29 is 14.8 Å². The Morgan fingerprint density at radius 2 is 1.12 bits per heavy atom. The molecule has 1 N–H and O–H groups in total. The van der Waals surface area contributed by atoms with Gasteiger partial charge in [-0.05, 0) is 48.0 Å². The van der Waals surface area contributed by atoms with Gasteiger partial charge in [0.1, 0.15) is 0 Å². The average molecular weight is 470 g/mol. The minimum absolute atomic E-state index is 0. The van der Waals surface area contributed by atoms with Crippen LogP contribution in [0.5, 0.6) is 0 Å². The van der Waals surface area contributed by atoms with Crippen LogP contribution in [-0.4, -0.2) is 21.0 Å². The summed E-state index contributed by atoms with van der Waals surface area (Å²) in [7, 11) is 0. The quantitative estimate of drug-likeness (QED) is 0.252. The number of allylic oxidation sites excluding steroid dienone is 1. The second-order valence-electron chi connectivity index (χ2n) is 6.36. The second-order valence-corrected chi connectivity index (χ2v) is 6.36. The lowest BCUT2D eigenvalue weighted by Gasteiger charge is -2.11. The van der Waals surface area contributed by atoms with E-state index in [1.165, 1.54) is 66.9 Å². The molecule has 0 bridgehead atoms. The highest BCUT2D eigenvalue weighted by Gasteiger charge is 2.09. The minimum Gasteiger partial charge on any atom is -0.355 e. The van der Waals surface area contributed by atoms with E-state index in [2.05, 4.69) is 10.3 Å². The molecular weight excluding hydrogens is 454 g/mol. The van der Waals surface area contributed by atoms with E-state index in [9.17, 15) is 30.3 Å².